The number of nitrogens with zero attached hydrogens (tertiary/aromatic N) is 3. The number of rotatable bonds is 3. The van der Waals surface area contributed by atoms with Crippen LogP contribution in [0, 0.1) is 5.41 Å². The lowest BCUT2D eigenvalue weighted by molar-refractivity contribution is -0.0502. The Kier molecular flexibility index (Phi) is 5.16. The summed E-state index contributed by atoms with van der Waals surface area (Å²) in [7, 11) is -3.78. The summed E-state index contributed by atoms with van der Waals surface area (Å²) in [6.45, 7) is 0.777. The average Bonchev–Trinajstić information content (AvgIpc) is 2.66. The highest BCUT2D eigenvalue weighted by molar-refractivity contribution is 7.98. The maximum Gasteiger partial charge on any atom is 0.534 e. The molecule has 1 aromatic carbocycles. The standard InChI is InChI=1S/C19H20F3N3O3S2/c1-25-11-18(9-12-5-3-4-6-15(12)25)8-7-13-14(10-18)23-17(29-2)24-16(13)28-30(26,27)19(20,21)22/h3-6H,7-11H2,1-2H3/t18-/m1/s1. The molecular weight excluding hydrogens is 439 g/mol. The number of halogens is 3. The first-order valence-corrected chi connectivity index (χ1v) is 11.9. The average molecular weight is 460 g/mol. The molecule has 162 valence electrons. The van der Waals surface area contributed by atoms with E-state index in [2.05, 4.69) is 31.2 Å². The van der Waals surface area contributed by atoms with Gasteiger partial charge in [0.15, 0.2) is 5.16 Å². The van der Waals surface area contributed by atoms with Crippen LogP contribution in [-0.4, -0.2) is 43.7 Å². The van der Waals surface area contributed by atoms with E-state index in [1.165, 1.54) is 11.3 Å². The first-order chi connectivity index (χ1) is 14.0. The van der Waals surface area contributed by atoms with Gasteiger partial charge in [-0.15, -0.1) is 0 Å². The quantitative estimate of drug-likeness (QED) is 0.301. The number of hydrogen-bond donors (Lipinski definition) is 0. The first-order valence-electron chi connectivity index (χ1n) is 9.27. The van der Waals surface area contributed by atoms with Gasteiger partial charge in [-0.25, -0.2) is 4.98 Å². The first kappa shape index (κ1) is 21.2. The molecule has 1 aliphatic carbocycles. The van der Waals surface area contributed by atoms with Crippen LogP contribution in [0.1, 0.15) is 23.2 Å². The Labute approximate surface area is 177 Å². The van der Waals surface area contributed by atoms with Crippen molar-refractivity contribution in [2.24, 2.45) is 5.41 Å². The normalized spacial score (nSPS) is 21.3. The third-order valence-electron chi connectivity index (χ3n) is 5.68. The lowest BCUT2D eigenvalue weighted by atomic mass is 9.67. The summed E-state index contributed by atoms with van der Waals surface area (Å²) >= 11 is 1.12. The molecule has 4 rings (SSSR count). The van der Waals surface area contributed by atoms with Crippen molar-refractivity contribution in [3.8, 4) is 5.88 Å². The van der Waals surface area contributed by atoms with Crippen LogP contribution in [0.3, 0.4) is 0 Å². The highest BCUT2D eigenvalue weighted by Gasteiger charge is 2.50. The Bertz CT molecular complexity index is 1090. The van der Waals surface area contributed by atoms with Crippen molar-refractivity contribution in [3.05, 3.63) is 41.1 Å². The zero-order valence-corrected chi connectivity index (χ0v) is 18.0. The van der Waals surface area contributed by atoms with Gasteiger partial charge in [-0.2, -0.15) is 26.6 Å². The van der Waals surface area contributed by atoms with Gasteiger partial charge in [-0.05, 0) is 49.0 Å². The highest BCUT2D eigenvalue weighted by Crippen LogP contribution is 2.46. The molecule has 2 aromatic rings. The minimum Gasteiger partial charge on any atom is -0.374 e. The number of para-hydroxylation sites is 1. The zero-order valence-electron chi connectivity index (χ0n) is 16.4. The molecule has 2 heterocycles. The van der Waals surface area contributed by atoms with Crippen LogP contribution in [-0.2, 0) is 29.4 Å². The van der Waals surface area contributed by atoms with Crippen molar-refractivity contribution < 1.29 is 25.8 Å². The van der Waals surface area contributed by atoms with Crippen LogP contribution in [0.4, 0.5) is 18.9 Å². The third-order valence-corrected chi connectivity index (χ3v) is 7.17. The summed E-state index contributed by atoms with van der Waals surface area (Å²) in [5.74, 6) is -0.513. The predicted molar refractivity (Wildman–Crippen MR) is 107 cm³/mol. The Balaban J connectivity index is 1.71. The van der Waals surface area contributed by atoms with Crippen molar-refractivity contribution in [2.75, 3.05) is 24.7 Å². The summed E-state index contributed by atoms with van der Waals surface area (Å²) in [6, 6.07) is 8.14. The molecule has 0 saturated heterocycles. The molecule has 0 amide bonds. The van der Waals surface area contributed by atoms with Crippen molar-refractivity contribution in [2.45, 2.75) is 36.3 Å². The second-order valence-corrected chi connectivity index (χ2v) is 10.1. The lowest BCUT2D eigenvalue weighted by Crippen LogP contribution is -2.45. The van der Waals surface area contributed by atoms with E-state index in [-0.39, 0.29) is 10.6 Å². The number of benzene rings is 1. The number of aromatic nitrogens is 2. The van der Waals surface area contributed by atoms with E-state index in [9.17, 15) is 21.6 Å². The van der Waals surface area contributed by atoms with E-state index in [1.807, 2.05) is 19.2 Å². The van der Waals surface area contributed by atoms with Gasteiger partial charge in [0, 0.05) is 24.8 Å². The maximum atomic E-state index is 12.8. The largest absolute Gasteiger partial charge is 0.534 e. The second kappa shape index (κ2) is 7.30. The van der Waals surface area contributed by atoms with Gasteiger partial charge in [0.25, 0.3) is 0 Å². The molecule has 1 aliphatic heterocycles. The highest BCUT2D eigenvalue weighted by atomic mass is 32.2. The summed E-state index contributed by atoms with van der Waals surface area (Å²) in [5.41, 5.74) is -2.38. The smallest absolute Gasteiger partial charge is 0.374 e. The molecule has 1 aromatic heterocycles. The molecule has 0 unspecified atom stereocenters. The van der Waals surface area contributed by atoms with Gasteiger partial charge >= 0.3 is 15.6 Å². The second-order valence-electron chi connectivity index (χ2n) is 7.76. The fourth-order valence-electron chi connectivity index (χ4n) is 4.40. The molecule has 30 heavy (non-hydrogen) atoms. The molecule has 0 bridgehead atoms. The van der Waals surface area contributed by atoms with E-state index in [0.29, 0.717) is 30.5 Å². The van der Waals surface area contributed by atoms with Gasteiger partial charge in [0.1, 0.15) is 0 Å². The van der Waals surface area contributed by atoms with Crippen LogP contribution in [0.15, 0.2) is 29.4 Å². The van der Waals surface area contributed by atoms with Gasteiger partial charge in [0.2, 0.25) is 5.88 Å². The van der Waals surface area contributed by atoms with Crippen molar-refractivity contribution in [3.63, 3.8) is 0 Å². The monoisotopic (exact) mass is 459 g/mol. The van der Waals surface area contributed by atoms with Crippen molar-refractivity contribution in [1.82, 2.24) is 9.97 Å². The molecule has 1 spiro atoms. The Morgan fingerprint density at radius 3 is 2.63 bits per heavy atom. The van der Waals surface area contributed by atoms with Crippen LogP contribution in [0.2, 0.25) is 0 Å². The molecule has 1 atom stereocenters. The molecule has 0 saturated carbocycles. The molecule has 6 nitrogen and oxygen atoms in total. The molecule has 0 fully saturated rings. The van der Waals surface area contributed by atoms with Crippen molar-refractivity contribution >= 4 is 27.6 Å². The van der Waals surface area contributed by atoms with Crippen LogP contribution < -0.4 is 9.08 Å². The summed E-state index contributed by atoms with van der Waals surface area (Å²) in [6.07, 6.45) is 4.03. The predicted octanol–water partition coefficient (Wildman–Crippen LogP) is 3.59. The Morgan fingerprint density at radius 2 is 1.93 bits per heavy atom. The number of anilines is 1. The van der Waals surface area contributed by atoms with Gasteiger partial charge in [0.05, 0.1) is 5.69 Å². The van der Waals surface area contributed by atoms with E-state index in [0.717, 1.165) is 24.7 Å². The zero-order chi connectivity index (χ0) is 21.7. The van der Waals surface area contributed by atoms with Crippen LogP contribution in [0.5, 0.6) is 5.88 Å². The Morgan fingerprint density at radius 1 is 1.20 bits per heavy atom. The molecule has 2 aliphatic rings. The maximum absolute atomic E-state index is 12.8. The fourth-order valence-corrected chi connectivity index (χ4v) is 5.21. The summed E-state index contributed by atoms with van der Waals surface area (Å²) in [5, 5.41) is 0.183. The van der Waals surface area contributed by atoms with Crippen LogP contribution >= 0.6 is 11.8 Å². The van der Waals surface area contributed by atoms with E-state index in [4.69, 9.17) is 0 Å². The van der Waals surface area contributed by atoms with Gasteiger partial charge in [-0.1, -0.05) is 30.0 Å². The van der Waals surface area contributed by atoms with E-state index in [1.54, 1.807) is 6.26 Å². The minimum absolute atomic E-state index is 0.139. The number of hydrogen-bond acceptors (Lipinski definition) is 7. The SMILES string of the molecule is CSc1nc2c(c(OS(=O)(=O)C(F)(F)F)n1)CC[C@@]1(Cc3ccccc3N(C)C1)C2. The summed E-state index contributed by atoms with van der Waals surface area (Å²) < 4.78 is 66.1. The van der Waals surface area contributed by atoms with Crippen molar-refractivity contribution in [1.29, 1.82) is 0 Å². The number of thioether (sulfide) groups is 1. The number of alkyl halides is 3. The summed E-state index contributed by atoms with van der Waals surface area (Å²) in [4.78, 5) is 10.6. The fraction of sp³-hybridized carbons (Fsp3) is 0.474. The lowest BCUT2D eigenvalue weighted by Gasteiger charge is -2.45. The molecule has 11 heteroatoms. The topological polar surface area (TPSA) is 72.4 Å². The van der Waals surface area contributed by atoms with Gasteiger partial charge in [-0.3, -0.25) is 0 Å². The van der Waals surface area contributed by atoms with Gasteiger partial charge < -0.3 is 9.08 Å². The van der Waals surface area contributed by atoms with Crippen LogP contribution in [0.25, 0.3) is 0 Å². The number of fused-ring (bicyclic) bond motifs is 2. The molecule has 0 radical (unpaired) electrons. The Hall–Kier alpha value is -2.01. The third kappa shape index (κ3) is 3.73. The molecular formula is C19H20F3N3O3S2. The van der Waals surface area contributed by atoms with E-state index < -0.39 is 21.5 Å². The molecule has 0 N–H and O–H groups in total. The van der Waals surface area contributed by atoms with E-state index >= 15 is 0 Å². The minimum atomic E-state index is -5.80.